The van der Waals surface area contributed by atoms with Crippen LogP contribution in [-0.2, 0) is 17.8 Å². The molecule has 1 rings (SSSR count). The number of rotatable bonds is 6. The van der Waals surface area contributed by atoms with Gasteiger partial charge in [-0.15, -0.1) is 0 Å². The highest BCUT2D eigenvalue weighted by atomic mass is 19.4. The largest absolute Gasteiger partial charge is 0.411 e. The lowest BCUT2D eigenvalue weighted by Gasteiger charge is -2.10. The highest BCUT2D eigenvalue weighted by molar-refractivity contribution is 4.86. The number of halogens is 3. The second kappa shape index (κ2) is 6.55. The Balaban J connectivity index is 2.70. The van der Waals surface area contributed by atoms with Gasteiger partial charge in [-0.25, -0.2) is 4.79 Å². The van der Waals surface area contributed by atoms with E-state index in [1.165, 1.54) is 16.8 Å². The van der Waals surface area contributed by atoms with Gasteiger partial charge in [-0.05, 0) is 6.42 Å². The van der Waals surface area contributed by atoms with Crippen LogP contribution < -0.4 is 11.2 Å². The second-order valence-corrected chi connectivity index (χ2v) is 3.95. The third-order valence-electron chi connectivity index (χ3n) is 2.33. The van der Waals surface area contributed by atoms with Crippen molar-refractivity contribution in [2.24, 2.45) is 0 Å². The van der Waals surface area contributed by atoms with Crippen molar-refractivity contribution in [2.45, 2.75) is 32.6 Å². The zero-order chi connectivity index (χ0) is 14.5. The summed E-state index contributed by atoms with van der Waals surface area (Å²) in [4.78, 5) is 23.3. The summed E-state index contributed by atoms with van der Waals surface area (Å²) in [6.45, 7) is 0.387. The van der Waals surface area contributed by atoms with E-state index in [0.29, 0.717) is 13.0 Å². The lowest BCUT2D eigenvalue weighted by molar-refractivity contribution is -0.174. The van der Waals surface area contributed by atoms with Crippen LogP contribution in [-0.4, -0.2) is 28.5 Å². The maximum Gasteiger partial charge on any atom is 0.411 e. The van der Waals surface area contributed by atoms with Crippen molar-refractivity contribution < 1.29 is 17.9 Å². The van der Waals surface area contributed by atoms with Crippen LogP contribution in [0.2, 0.25) is 0 Å². The van der Waals surface area contributed by atoms with Gasteiger partial charge in [0.2, 0.25) is 0 Å². The molecule has 8 heteroatoms. The van der Waals surface area contributed by atoms with Crippen LogP contribution in [0.4, 0.5) is 13.2 Å². The molecule has 0 spiro atoms. The van der Waals surface area contributed by atoms with E-state index in [2.05, 4.69) is 4.74 Å². The first-order chi connectivity index (χ1) is 8.85. The van der Waals surface area contributed by atoms with Gasteiger partial charge in [0, 0.05) is 18.8 Å². The molecular weight excluding hydrogens is 265 g/mol. The fourth-order valence-electron chi connectivity index (χ4n) is 1.52. The molecule has 1 aromatic rings. The fourth-order valence-corrected chi connectivity index (χ4v) is 1.52. The van der Waals surface area contributed by atoms with E-state index < -0.39 is 24.0 Å². The molecule has 108 valence electrons. The van der Waals surface area contributed by atoms with Crippen molar-refractivity contribution in [3.05, 3.63) is 33.1 Å². The standard InChI is InChI=1S/C11H15F3N2O3/c1-2-4-15-5-3-9(17)16(10(15)18)6-7-19-8-11(12,13)14/h3,5H,2,4,6-8H2,1H3. The summed E-state index contributed by atoms with van der Waals surface area (Å²) in [5, 5.41) is 0. The van der Waals surface area contributed by atoms with Gasteiger partial charge in [0.25, 0.3) is 5.56 Å². The Morgan fingerprint density at radius 2 is 1.95 bits per heavy atom. The highest BCUT2D eigenvalue weighted by Crippen LogP contribution is 2.14. The number of aromatic nitrogens is 2. The van der Waals surface area contributed by atoms with E-state index in [9.17, 15) is 22.8 Å². The Kier molecular flexibility index (Phi) is 5.34. The lowest BCUT2D eigenvalue weighted by atomic mass is 10.4. The van der Waals surface area contributed by atoms with Gasteiger partial charge in [0.1, 0.15) is 6.61 Å². The number of hydrogen-bond acceptors (Lipinski definition) is 3. The normalized spacial score (nSPS) is 11.8. The maximum absolute atomic E-state index is 11.8. The van der Waals surface area contributed by atoms with Crippen molar-refractivity contribution in [2.75, 3.05) is 13.2 Å². The highest BCUT2D eigenvalue weighted by Gasteiger charge is 2.27. The number of nitrogens with zero attached hydrogens (tertiary/aromatic N) is 2. The molecule has 0 radical (unpaired) electrons. The van der Waals surface area contributed by atoms with E-state index in [4.69, 9.17) is 0 Å². The first-order valence-corrected chi connectivity index (χ1v) is 5.80. The van der Waals surface area contributed by atoms with E-state index in [0.717, 1.165) is 4.57 Å². The van der Waals surface area contributed by atoms with Crippen molar-refractivity contribution >= 4 is 0 Å². The van der Waals surface area contributed by atoms with Gasteiger partial charge in [0.15, 0.2) is 0 Å². The molecule has 0 aromatic carbocycles. The van der Waals surface area contributed by atoms with Crippen LogP contribution in [0.3, 0.4) is 0 Å². The second-order valence-electron chi connectivity index (χ2n) is 3.95. The molecule has 0 fully saturated rings. The van der Waals surface area contributed by atoms with Gasteiger partial charge in [-0.1, -0.05) is 6.92 Å². The number of ether oxygens (including phenoxy) is 1. The molecular formula is C11H15F3N2O3. The molecule has 0 unspecified atom stereocenters. The van der Waals surface area contributed by atoms with Gasteiger partial charge in [-0.2, -0.15) is 13.2 Å². The average molecular weight is 280 g/mol. The summed E-state index contributed by atoms with van der Waals surface area (Å²) < 4.78 is 42.1. The van der Waals surface area contributed by atoms with Crippen molar-refractivity contribution in [1.29, 1.82) is 0 Å². The summed E-state index contributed by atoms with van der Waals surface area (Å²) in [6.07, 6.45) is -2.33. The Morgan fingerprint density at radius 1 is 1.26 bits per heavy atom. The van der Waals surface area contributed by atoms with Crippen LogP contribution in [0.1, 0.15) is 13.3 Å². The Bertz CT molecular complexity index is 519. The minimum Gasteiger partial charge on any atom is -0.370 e. The summed E-state index contributed by atoms with van der Waals surface area (Å²) in [5.74, 6) is 0. The lowest BCUT2D eigenvalue weighted by Crippen LogP contribution is -2.40. The van der Waals surface area contributed by atoms with Crippen molar-refractivity contribution in [1.82, 2.24) is 9.13 Å². The Hall–Kier alpha value is -1.57. The topological polar surface area (TPSA) is 53.2 Å². The number of alkyl halides is 3. The average Bonchev–Trinajstić information content (AvgIpc) is 2.30. The number of hydrogen-bond donors (Lipinski definition) is 0. The first-order valence-electron chi connectivity index (χ1n) is 5.80. The van der Waals surface area contributed by atoms with Crippen LogP contribution in [0.5, 0.6) is 0 Å². The molecule has 0 aliphatic rings. The van der Waals surface area contributed by atoms with Crippen LogP contribution >= 0.6 is 0 Å². The molecule has 0 amide bonds. The molecule has 0 saturated heterocycles. The van der Waals surface area contributed by atoms with Crippen molar-refractivity contribution in [3.63, 3.8) is 0 Å². The molecule has 1 aromatic heterocycles. The summed E-state index contributed by atoms with van der Waals surface area (Å²) in [7, 11) is 0. The van der Waals surface area contributed by atoms with Gasteiger partial charge in [0.05, 0.1) is 13.2 Å². The monoisotopic (exact) mass is 280 g/mol. The minimum atomic E-state index is -4.41. The first kappa shape index (κ1) is 15.5. The van der Waals surface area contributed by atoms with E-state index >= 15 is 0 Å². The predicted octanol–water partition coefficient (Wildman–Crippen LogP) is 0.999. The Labute approximate surface area is 107 Å². The molecule has 0 bridgehead atoms. The van der Waals surface area contributed by atoms with E-state index in [-0.39, 0.29) is 13.2 Å². The molecule has 0 atom stereocenters. The van der Waals surface area contributed by atoms with Crippen LogP contribution in [0.25, 0.3) is 0 Å². The fraction of sp³-hybridized carbons (Fsp3) is 0.636. The summed E-state index contributed by atoms with van der Waals surface area (Å²) in [6, 6.07) is 1.21. The molecule has 1 heterocycles. The zero-order valence-corrected chi connectivity index (χ0v) is 10.4. The molecule has 5 nitrogen and oxygen atoms in total. The maximum atomic E-state index is 11.8. The van der Waals surface area contributed by atoms with E-state index in [1.807, 2.05) is 6.92 Å². The van der Waals surface area contributed by atoms with Gasteiger partial charge >= 0.3 is 11.9 Å². The van der Waals surface area contributed by atoms with E-state index in [1.54, 1.807) is 0 Å². The third kappa shape index (κ3) is 4.90. The third-order valence-corrected chi connectivity index (χ3v) is 2.33. The minimum absolute atomic E-state index is 0.196. The van der Waals surface area contributed by atoms with Gasteiger partial charge < -0.3 is 9.30 Å². The SMILES string of the molecule is CCCn1ccc(=O)n(CCOCC(F)(F)F)c1=O. The van der Waals surface area contributed by atoms with Crippen LogP contribution in [0.15, 0.2) is 21.9 Å². The number of aryl methyl sites for hydroxylation is 1. The van der Waals surface area contributed by atoms with Crippen molar-refractivity contribution in [3.8, 4) is 0 Å². The summed E-state index contributed by atoms with van der Waals surface area (Å²) >= 11 is 0. The van der Waals surface area contributed by atoms with Crippen LogP contribution in [0, 0.1) is 0 Å². The predicted molar refractivity (Wildman–Crippen MR) is 62.1 cm³/mol. The Morgan fingerprint density at radius 3 is 2.53 bits per heavy atom. The molecule has 0 saturated carbocycles. The molecule has 0 aliphatic heterocycles. The quantitative estimate of drug-likeness (QED) is 0.730. The smallest absolute Gasteiger partial charge is 0.370 e. The zero-order valence-electron chi connectivity index (χ0n) is 10.4. The summed E-state index contributed by atoms with van der Waals surface area (Å²) in [5.41, 5.74) is -1.09. The molecule has 0 N–H and O–H groups in total. The van der Waals surface area contributed by atoms with Gasteiger partial charge in [-0.3, -0.25) is 9.36 Å². The molecule has 19 heavy (non-hydrogen) atoms. The molecule has 0 aliphatic carbocycles.